The maximum atomic E-state index is 16.8. The fraction of sp³-hybridized carbons (Fsp3) is 0.433. The molecule has 2 saturated heterocycles. The fourth-order valence-corrected chi connectivity index (χ4v) is 7.76. The van der Waals surface area contributed by atoms with Gasteiger partial charge in [-0.25, -0.2) is 23.5 Å². The number of thiophene rings is 1. The summed E-state index contributed by atoms with van der Waals surface area (Å²) in [5, 5.41) is 13.5. The molecule has 8 rings (SSSR count). The Kier molecular flexibility index (Phi) is 6.32. The van der Waals surface area contributed by atoms with E-state index >= 15 is 8.78 Å². The van der Waals surface area contributed by atoms with Crippen LogP contribution in [0.1, 0.15) is 43.9 Å². The van der Waals surface area contributed by atoms with Crippen LogP contribution in [-0.2, 0) is 22.7 Å². The van der Waals surface area contributed by atoms with Gasteiger partial charge in [-0.15, -0.1) is 11.3 Å². The van der Waals surface area contributed by atoms with E-state index in [0.717, 1.165) is 36.1 Å². The Morgan fingerprint density at radius 3 is 2.70 bits per heavy atom. The van der Waals surface area contributed by atoms with Crippen molar-refractivity contribution in [3.8, 4) is 17.3 Å². The second-order valence-electron chi connectivity index (χ2n) is 12.4. The Hall–Kier alpha value is -3.99. The van der Waals surface area contributed by atoms with E-state index in [-0.39, 0.29) is 56.7 Å². The van der Waals surface area contributed by atoms with Gasteiger partial charge in [-0.1, -0.05) is 0 Å². The molecule has 4 aromatic rings. The number of anilines is 2. The number of benzene rings is 1. The summed E-state index contributed by atoms with van der Waals surface area (Å²) in [6.45, 7) is 6.25. The first kappa shape index (κ1) is 27.8. The zero-order chi connectivity index (χ0) is 30.4. The number of pyridine rings is 1. The fourth-order valence-electron chi connectivity index (χ4n) is 6.73. The smallest absolute Gasteiger partial charge is 0.412 e. The Labute approximate surface area is 250 Å². The minimum Gasteiger partial charge on any atom is -0.444 e. The topological polar surface area (TPSA) is 116 Å². The number of nitrogens with zero attached hydrogens (tertiary/aromatic N) is 6. The molecule has 1 amide bonds. The lowest BCUT2D eigenvalue weighted by atomic mass is 9.79. The third-order valence-corrected chi connectivity index (χ3v) is 9.54. The van der Waals surface area contributed by atoms with E-state index in [2.05, 4.69) is 45.2 Å². The molecule has 3 atom stereocenters. The van der Waals surface area contributed by atoms with Crippen molar-refractivity contribution in [2.24, 2.45) is 5.92 Å². The van der Waals surface area contributed by atoms with Gasteiger partial charge >= 0.3 is 6.09 Å². The third-order valence-electron chi connectivity index (χ3n) is 8.43. The number of nitriles is 1. The van der Waals surface area contributed by atoms with Gasteiger partial charge in [0.15, 0.2) is 11.6 Å². The highest BCUT2D eigenvalue weighted by Gasteiger charge is 2.53. The molecule has 13 heteroatoms. The largest absolute Gasteiger partial charge is 0.444 e. The van der Waals surface area contributed by atoms with E-state index in [1.54, 1.807) is 27.0 Å². The van der Waals surface area contributed by atoms with Crippen molar-refractivity contribution in [1.29, 1.82) is 5.26 Å². The minimum atomic E-state index is -0.794. The summed E-state index contributed by atoms with van der Waals surface area (Å²) in [7, 11) is 4.13. The number of hydrogen-bond acceptors (Lipinski definition) is 10. The molecule has 3 aliphatic heterocycles. The van der Waals surface area contributed by atoms with Gasteiger partial charge in [-0.05, 0) is 58.3 Å². The lowest BCUT2D eigenvalue weighted by Crippen LogP contribution is -2.52. The van der Waals surface area contributed by atoms with Crippen LogP contribution in [0.4, 0.5) is 24.5 Å². The second kappa shape index (κ2) is 9.77. The molecular formula is C30H29F2N7O3S. The Morgan fingerprint density at radius 1 is 1.23 bits per heavy atom. The van der Waals surface area contributed by atoms with Crippen LogP contribution in [0.15, 0.2) is 12.4 Å². The van der Waals surface area contributed by atoms with Gasteiger partial charge in [0.2, 0.25) is 5.95 Å². The Balaban J connectivity index is 1.40. The number of amides is 1. The van der Waals surface area contributed by atoms with E-state index in [1.807, 2.05) is 0 Å². The monoisotopic (exact) mass is 605 g/mol. The van der Waals surface area contributed by atoms with Crippen LogP contribution in [0, 0.1) is 28.9 Å². The Morgan fingerprint density at radius 2 is 2.00 bits per heavy atom. The SMILES string of the molecule is CN(C)[C@@H]1[C@H]2C[C@@H]1N(c1ncc3c4c(c(-c5ncc(F)c6sc(NC(=O)OC(C)(C)C)c(C#N)c56)c(F)c3n1)COC4)C2. The van der Waals surface area contributed by atoms with E-state index in [0.29, 0.717) is 28.9 Å². The molecule has 10 nitrogen and oxygen atoms in total. The quantitative estimate of drug-likeness (QED) is 0.319. The number of carbonyl (C=O) groups is 1. The molecule has 4 aliphatic rings. The summed E-state index contributed by atoms with van der Waals surface area (Å²) in [5.74, 6) is -0.367. The number of likely N-dealkylation sites (N-methyl/N-ethyl adjacent to an activating group) is 1. The zero-order valence-corrected chi connectivity index (χ0v) is 25.1. The number of nitrogens with one attached hydrogen (secondary N) is 1. The summed E-state index contributed by atoms with van der Waals surface area (Å²) in [5.41, 5.74) is 0.766. The van der Waals surface area contributed by atoms with Gasteiger partial charge in [-0.3, -0.25) is 10.3 Å². The number of ether oxygens (including phenoxy) is 2. The number of rotatable bonds is 4. The van der Waals surface area contributed by atoms with Gasteiger partial charge in [-0.2, -0.15) is 5.26 Å². The van der Waals surface area contributed by atoms with Crippen molar-refractivity contribution in [3.05, 3.63) is 40.7 Å². The first-order valence-corrected chi connectivity index (χ1v) is 14.8. The van der Waals surface area contributed by atoms with Crippen LogP contribution in [0.25, 0.3) is 32.2 Å². The van der Waals surface area contributed by atoms with Crippen LogP contribution in [0.3, 0.4) is 0 Å². The number of halogens is 2. The summed E-state index contributed by atoms with van der Waals surface area (Å²) in [6, 6.07) is 2.72. The molecule has 2 bridgehead atoms. The molecule has 1 N–H and O–H groups in total. The highest BCUT2D eigenvalue weighted by molar-refractivity contribution is 7.23. The zero-order valence-electron chi connectivity index (χ0n) is 24.3. The van der Waals surface area contributed by atoms with Crippen molar-refractivity contribution < 1.29 is 23.0 Å². The summed E-state index contributed by atoms with van der Waals surface area (Å²) < 4.78 is 43.1. The van der Waals surface area contributed by atoms with E-state index < -0.39 is 23.3 Å². The van der Waals surface area contributed by atoms with Gasteiger partial charge < -0.3 is 19.3 Å². The van der Waals surface area contributed by atoms with Crippen molar-refractivity contribution in [3.63, 3.8) is 0 Å². The molecule has 3 fully saturated rings. The molecule has 0 spiro atoms. The maximum Gasteiger partial charge on any atom is 0.412 e. The molecule has 1 aliphatic carbocycles. The molecule has 222 valence electrons. The molecule has 43 heavy (non-hydrogen) atoms. The maximum absolute atomic E-state index is 16.8. The van der Waals surface area contributed by atoms with Crippen LogP contribution in [0.2, 0.25) is 0 Å². The lowest BCUT2D eigenvalue weighted by Gasteiger charge is -2.40. The second-order valence-corrected chi connectivity index (χ2v) is 13.5. The van der Waals surface area contributed by atoms with Crippen molar-refractivity contribution in [2.45, 2.75) is 58.1 Å². The highest BCUT2D eigenvalue weighted by Crippen LogP contribution is 2.47. The minimum absolute atomic E-state index is 0.0324. The predicted molar refractivity (Wildman–Crippen MR) is 158 cm³/mol. The van der Waals surface area contributed by atoms with Crippen LogP contribution >= 0.6 is 11.3 Å². The van der Waals surface area contributed by atoms with Crippen molar-refractivity contribution >= 4 is 49.4 Å². The number of aromatic nitrogens is 3. The molecule has 0 radical (unpaired) electrons. The summed E-state index contributed by atoms with van der Waals surface area (Å²) in [6.07, 6.45) is 2.91. The molecule has 1 aromatic carbocycles. The van der Waals surface area contributed by atoms with Gasteiger partial charge in [0.25, 0.3) is 0 Å². The number of fused-ring (bicyclic) bond motifs is 5. The molecule has 3 aromatic heterocycles. The van der Waals surface area contributed by atoms with Gasteiger partial charge in [0, 0.05) is 41.2 Å². The van der Waals surface area contributed by atoms with E-state index in [1.165, 1.54) is 0 Å². The van der Waals surface area contributed by atoms with Crippen LogP contribution in [0.5, 0.6) is 0 Å². The average molecular weight is 606 g/mol. The summed E-state index contributed by atoms with van der Waals surface area (Å²) >= 11 is 0.868. The van der Waals surface area contributed by atoms with E-state index in [9.17, 15) is 10.1 Å². The van der Waals surface area contributed by atoms with Crippen LogP contribution < -0.4 is 10.2 Å². The summed E-state index contributed by atoms with van der Waals surface area (Å²) in [4.78, 5) is 30.6. The third kappa shape index (κ3) is 4.30. The molecule has 1 saturated carbocycles. The molecule has 0 unspecified atom stereocenters. The van der Waals surface area contributed by atoms with Crippen LogP contribution in [-0.4, -0.2) is 64.3 Å². The average Bonchev–Trinajstić information content (AvgIpc) is 3.70. The Bertz CT molecular complexity index is 1880. The van der Waals surface area contributed by atoms with E-state index in [4.69, 9.17) is 14.5 Å². The van der Waals surface area contributed by atoms with Gasteiger partial charge in [0.1, 0.15) is 22.2 Å². The van der Waals surface area contributed by atoms with Crippen molar-refractivity contribution in [1.82, 2.24) is 19.9 Å². The molecule has 6 heterocycles. The predicted octanol–water partition coefficient (Wildman–Crippen LogP) is 5.57. The number of carbonyl (C=O) groups excluding carboxylic acids is 1. The molecular weight excluding hydrogens is 576 g/mol. The first-order chi connectivity index (χ1) is 20.5. The lowest BCUT2D eigenvalue weighted by molar-refractivity contribution is 0.0636. The highest BCUT2D eigenvalue weighted by atomic mass is 32.1. The van der Waals surface area contributed by atoms with Crippen molar-refractivity contribution in [2.75, 3.05) is 30.9 Å². The first-order valence-electron chi connectivity index (χ1n) is 14.0. The normalized spacial score (nSPS) is 20.9. The number of hydrogen-bond donors (Lipinski definition) is 1. The van der Waals surface area contributed by atoms with Gasteiger partial charge in [0.05, 0.1) is 35.4 Å². The standard InChI is InChI=1S/C30H29F2N7O3S/c1-30(2,3)42-29(40)37-27-14(7-33)21-24(34-9-18(31)26(21)43-27)20-17-12-41-11-16(17)15-8-35-28(36-23(15)22(20)32)39-10-13-6-19(39)25(13)38(4)5/h8-9,13,19,25H,6,10-12H2,1-5H3,(H,37,40)/t13-,19-,25+/m0/s1.